The van der Waals surface area contributed by atoms with E-state index in [-0.39, 0.29) is 125 Å². The zero-order valence-electron chi connectivity index (χ0n) is 7.18. The first-order valence-corrected chi connectivity index (χ1v) is 1.56. The molecule has 0 saturated heterocycles. The van der Waals surface area contributed by atoms with E-state index in [0.717, 1.165) is 0 Å². The second kappa shape index (κ2) is 22.7. The summed E-state index contributed by atoms with van der Waals surface area (Å²) in [5.41, 5.74) is 0. The van der Waals surface area contributed by atoms with Crippen molar-refractivity contribution in [1.82, 2.24) is 0 Å². The zero-order valence-corrected chi connectivity index (χ0v) is 15.2. The smallest absolute Gasteiger partial charge is 0.0742 e. The van der Waals surface area contributed by atoms with E-state index < -0.39 is 6.10 Å². The van der Waals surface area contributed by atoms with Crippen LogP contribution in [-0.2, 0) is 0 Å². The van der Waals surface area contributed by atoms with Crippen LogP contribution in [0.3, 0.4) is 0 Å². The van der Waals surface area contributed by atoms with E-state index in [4.69, 9.17) is 10.2 Å². The summed E-state index contributed by atoms with van der Waals surface area (Å²) in [5, 5.41) is 16.0. The molecule has 0 heterocycles. The minimum atomic E-state index is -0.560. The molecule has 2 N–H and O–H groups in total. The summed E-state index contributed by atoms with van der Waals surface area (Å²) in [5.74, 6) is 0. The van der Waals surface area contributed by atoms with Crippen LogP contribution in [0.1, 0.15) is 6.92 Å². The van der Waals surface area contributed by atoms with Crippen LogP contribution in [0.4, 0.5) is 0 Å². The predicted octanol–water partition coefficient (Wildman–Crippen LogP) is -2.16. The molecule has 0 amide bonds. The minimum Gasteiger partial charge on any atom is -0.394 e. The Morgan fingerprint density at radius 2 is 1.22 bits per heavy atom. The molecule has 6 heteroatoms. The van der Waals surface area contributed by atoms with Gasteiger partial charge in [-0.15, -0.1) is 0 Å². The van der Waals surface area contributed by atoms with Gasteiger partial charge in [0.25, 0.3) is 0 Å². The van der Waals surface area contributed by atoms with E-state index in [1.165, 1.54) is 6.92 Å². The van der Waals surface area contributed by atoms with Crippen molar-refractivity contribution in [2.24, 2.45) is 0 Å². The summed E-state index contributed by atoms with van der Waals surface area (Å²) in [6.07, 6.45) is -0.560. The number of aliphatic hydroxyl groups is 2. The summed E-state index contributed by atoms with van der Waals surface area (Å²) in [7, 11) is 0. The molecule has 0 aliphatic carbocycles. The van der Waals surface area contributed by atoms with Crippen LogP contribution in [0.5, 0.6) is 0 Å². The summed E-state index contributed by atoms with van der Waals surface area (Å²) >= 11 is 0. The molecule has 0 aromatic carbocycles. The average Bonchev–Trinajstić information content (AvgIpc) is 1.38. The molecule has 0 aromatic heterocycles. The van der Waals surface area contributed by atoms with Crippen LogP contribution in [0, 0.1) is 0 Å². The average molecular weight is 168 g/mol. The van der Waals surface area contributed by atoms with Crippen molar-refractivity contribution < 1.29 is 10.2 Å². The number of rotatable bonds is 1. The van der Waals surface area contributed by atoms with Crippen molar-refractivity contribution in [1.29, 1.82) is 0 Å². The van der Waals surface area contributed by atoms with Gasteiger partial charge in [-0.1, -0.05) is 0 Å². The van der Waals surface area contributed by atoms with Crippen molar-refractivity contribution in [2.75, 3.05) is 6.61 Å². The van der Waals surface area contributed by atoms with Crippen LogP contribution >= 0.6 is 0 Å². The molecular weight excluding hydrogens is 160 g/mol. The zero-order chi connectivity index (χ0) is 4.28. The molecule has 0 aromatic rings. The summed E-state index contributed by atoms with van der Waals surface area (Å²) in [6.45, 7) is 1.39. The van der Waals surface area contributed by atoms with Crippen LogP contribution in [0.2, 0.25) is 0 Å². The molecule has 0 fully saturated rings. The largest absolute Gasteiger partial charge is 0.394 e. The van der Waals surface area contributed by atoms with Gasteiger partial charge in [-0.3, -0.25) is 0 Å². The first-order chi connectivity index (χ1) is 2.27. The topological polar surface area (TPSA) is 40.5 Å². The molecule has 0 saturated carbocycles. The molecule has 0 spiro atoms. The normalized spacial score (nSPS) is 8.33. The maximum atomic E-state index is 8.11. The van der Waals surface area contributed by atoms with Crippen molar-refractivity contribution in [3.05, 3.63) is 0 Å². The van der Waals surface area contributed by atoms with Gasteiger partial charge < -0.3 is 10.2 Å². The Kier molecular flexibility index (Phi) is 73.7. The second-order valence-electron chi connectivity index (χ2n) is 1.03. The Labute approximate surface area is 145 Å². The molecule has 1 unspecified atom stereocenters. The SMILES string of the molecule is CC(O)CO.[Na].[Na].[Na].[Na]. The van der Waals surface area contributed by atoms with E-state index in [9.17, 15) is 0 Å². The van der Waals surface area contributed by atoms with Gasteiger partial charge >= 0.3 is 0 Å². The number of hydrogen-bond acceptors (Lipinski definition) is 2. The van der Waals surface area contributed by atoms with Crippen molar-refractivity contribution in [2.45, 2.75) is 13.0 Å². The molecule has 1 atom stereocenters. The van der Waals surface area contributed by atoms with E-state index >= 15 is 0 Å². The van der Waals surface area contributed by atoms with Crippen molar-refractivity contribution in [3.63, 3.8) is 0 Å². The van der Waals surface area contributed by atoms with Gasteiger partial charge in [0, 0.05) is 118 Å². The fourth-order valence-corrected chi connectivity index (χ4v) is 0. The summed E-state index contributed by atoms with van der Waals surface area (Å²) in [6, 6.07) is 0. The maximum absolute atomic E-state index is 8.11. The second-order valence-corrected chi connectivity index (χ2v) is 1.03. The van der Waals surface area contributed by atoms with Crippen molar-refractivity contribution >= 4 is 118 Å². The third-order valence-corrected chi connectivity index (χ3v) is 0.264. The van der Waals surface area contributed by atoms with Gasteiger partial charge in [0.1, 0.15) is 0 Å². The van der Waals surface area contributed by atoms with Crippen LogP contribution in [-0.4, -0.2) is 141 Å². The van der Waals surface area contributed by atoms with Crippen LogP contribution < -0.4 is 0 Å². The van der Waals surface area contributed by atoms with E-state index in [1.807, 2.05) is 0 Å². The molecule has 0 rings (SSSR count). The molecule has 0 aliphatic rings. The Morgan fingerprint density at radius 1 is 1.11 bits per heavy atom. The predicted molar refractivity (Wildman–Crippen MR) is 41.8 cm³/mol. The molecule has 4 radical (unpaired) electrons. The van der Waals surface area contributed by atoms with Crippen LogP contribution in [0.15, 0.2) is 0 Å². The molecule has 9 heavy (non-hydrogen) atoms. The Hall–Kier alpha value is 3.92. The van der Waals surface area contributed by atoms with Gasteiger partial charge in [0.05, 0.1) is 12.7 Å². The van der Waals surface area contributed by atoms with Crippen molar-refractivity contribution in [3.8, 4) is 0 Å². The molecular formula is C3H8Na4O2. The summed E-state index contributed by atoms with van der Waals surface area (Å²) < 4.78 is 0. The first kappa shape index (κ1) is 29.3. The third-order valence-electron chi connectivity index (χ3n) is 0.264. The maximum Gasteiger partial charge on any atom is 0.0742 e. The fraction of sp³-hybridized carbons (Fsp3) is 1.00. The van der Waals surface area contributed by atoms with Gasteiger partial charge in [0.2, 0.25) is 0 Å². The van der Waals surface area contributed by atoms with E-state index in [2.05, 4.69) is 0 Å². The molecule has 0 aliphatic heterocycles. The van der Waals surface area contributed by atoms with E-state index in [1.54, 1.807) is 0 Å². The third kappa shape index (κ3) is 33.5. The number of hydrogen-bond donors (Lipinski definition) is 2. The number of aliphatic hydroxyl groups excluding tert-OH is 2. The van der Waals surface area contributed by atoms with Gasteiger partial charge in [-0.2, -0.15) is 0 Å². The minimum absolute atomic E-state index is 0. The Morgan fingerprint density at radius 3 is 1.22 bits per heavy atom. The standard InChI is InChI=1S/C3H8O2.4Na/c1-3(5)2-4;;;;/h3-5H,2H2,1H3;;;;. The van der Waals surface area contributed by atoms with Crippen LogP contribution in [0.25, 0.3) is 0 Å². The molecule has 2 nitrogen and oxygen atoms in total. The first-order valence-electron chi connectivity index (χ1n) is 1.56. The Balaban J connectivity index is -0.0000000133. The van der Waals surface area contributed by atoms with Gasteiger partial charge in [0.15, 0.2) is 0 Å². The Bertz CT molecular complexity index is 27.8. The van der Waals surface area contributed by atoms with Gasteiger partial charge in [-0.05, 0) is 6.92 Å². The van der Waals surface area contributed by atoms with Gasteiger partial charge in [-0.25, -0.2) is 0 Å². The molecule has 36 valence electrons. The monoisotopic (exact) mass is 168 g/mol. The summed E-state index contributed by atoms with van der Waals surface area (Å²) in [4.78, 5) is 0. The molecule has 0 bridgehead atoms. The quantitative estimate of drug-likeness (QED) is 0.438. The fourth-order valence-electron chi connectivity index (χ4n) is 0. The van der Waals surface area contributed by atoms with E-state index in [0.29, 0.717) is 0 Å².